The molecular formula is C8H17N3O. The third-order valence-electron chi connectivity index (χ3n) is 2.39. The Balaban J connectivity index is 2.53. The maximum Gasteiger partial charge on any atom is 0.240 e. The first-order chi connectivity index (χ1) is 5.26. The molecule has 0 atom stereocenters. The Bertz CT molecular complexity index is 201. The number of amides is 1. The fraction of sp³-hybridized carbons (Fsp3) is 0.875. The van der Waals surface area contributed by atoms with Gasteiger partial charge in [-0.25, -0.2) is 0 Å². The van der Waals surface area contributed by atoms with Crippen molar-refractivity contribution in [1.29, 1.82) is 0 Å². The Morgan fingerprint density at radius 2 is 1.83 bits per heavy atom. The van der Waals surface area contributed by atoms with Crippen molar-refractivity contribution < 1.29 is 4.79 Å². The topological polar surface area (TPSA) is 72.3 Å². The predicted molar refractivity (Wildman–Crippen MR) is 47.4 cm³/mol. The van der Waals surface area contributed by atoms with Crippen LogP contribution in [0.2, 0.25) is 0 Å². The van der Waals surface area contributed by atoms with Gasteiger partial charge in [0.2, 0.25) is 5.91 Å². The summed E-state index contributed by atoms with van der Waals surface area (Å²) in [6.45, 7) is 7.42. The highest BCUT2D eigenvalue weighted by Gasteiger charge is 2.48. The molecule has 12 heavy (non-hydrogen) atoms. The van der Waals surface area contributed by atoms with E-state index in [9.17, 15) is 4.79 Å². The number of nitrogens with two attached hydrogens (primary N) is 2. The fourth-order valence-corrected chi connectivity index (χ4v) is 1.27. The van der Waals surface area contributed by atoms with Gasteiger partial charge >= 0.3 is 0 Å². The largest absolute Gasteiger partial charge is 0.368 e. The Kier molecular flexibility index (Phi) is 1.92. The summed E-state index contributed by atoms with van der Waals surface area (Å²) in [4.78, 5) is 13.0. The van der Waals surface area contributed by atoms with E-state index < -0.39 is 11.4 Å². The molecule has 4 heteroatoms. The molecule has 0 spiro atoms. The third-order valence-corrected chi connectivity index (χ3v) is 2.39. The number of nitrogens with zero attached hydrogens (tertiary/aromatic N) is 1. The van der Waals surface area contributed by atoms with Crippen LogP contribution in [0.5, 0.6) is 0 Å². The summed E-state index contributed by atoms with van der Waals surface area (Å²) in [5.41, 5.74) is 10.2. The van der Waals surface area contributed by atoms with E-state index in [4.69, 9.17) is 11.5 Å². The quantitative estimate of drug-likeness (QED) is 0.547. The van der Waals surface area contributed by atoms with Gasteiger partial charge in [0.25, 0.3) is 0 Å². The number of carbonyl (C=O) groups is 1. The highest BCUT2D eigenvalue weighted by Crippen LogP contribution is 2.26. The molecule has 0 saturated carbocycles. The predicted octanol–water partition coefficient (Wildman–Crippen LogP) is -0.717. The van der Waals surface area contributed by atoms with E-state index in [0.717, 1.165) is 0 Å². The van der Waals surface area contributed by atoms with E-state index in [2.05, 4.69) is 25.7 Å². The molecule has 1 aliphatic heterocycles. The number of primary amides is 1. The van der Waals surface area contributed by atoms with Crippen molar-refractivity contribution in [3.05, 3.63) is 0 Å². The van der Waals surface area contributed by atoms with Crippen molar-refractivity contribution in [3.63, 3.8) is 0 Å². The summed E-state index contributed by atoms with van der Waals surface area (Å²) in [6.07, 6.45) is 0. The molecule has 0 radical (unpaired) electrons. The van der Waals surface area contributed by atoms with Crippen molar-refractivity contribution in [3.8, 4) is 0 Å². The van der Waals surface area contributed by atoms with E-state index in [1.165, 1.54) is 0 Å². The van der Waals surface area contributed by atoms with Crippen LogP contribution in [-0.2, 0) is 4.79 Å². The summed E-state index contributed by atoms with van der Waals surface area (Å²) in [6, 6.07) is 0. The zero-order valence-corrected chi connectivity index (χ0v) is 7.92. The lowest BCUT2D eigenvalue weighted by atomic mass is 9.85. The Labute approximate surface area is 72.9 Å². The number of carbonyl (C=O) groups excluding carboxylic acids is 1. The van der Waals surface area contributed by atoms with E-state index in [0.29, 0.717) is 13.1 Å². The van der Waals surface area contributed by atoms with Crippen LogP contribution in [0.15, 0.2) is 0 Å². The van der Waals surface area contributed by atoms with Crippen LogP contribution in [0.1, 0.15) is 20.8 Å². The van der Waals surface area contributed by atoms with Crippen LogP contribution in [0.3, 0.4) is 0 Å². The number of hydrogen-bond donors (Lipinski definition) is 2. The highest BCUT2D eigenvalue weighted by molar-refractivity contribution is 5.86. The van der Waals surface area contributed by atoms with E-state index in [1.807, 2.05) is 0 Å². The van der Waals surface area contributed by atoms with E-state index in [-0.39, 0.29) is 5.54 Å². The molecule has 4 nitrogen and oxygen atoms in total. The summed E-state index contributed by atoms with van der Waals surface area (Å²) < 4.78 is 0. The average Bonchev–Trinajstić information content (AvgIpc) is 1.77. The minimum absolute atomic E-state index is 0.0817. The van der Waals surface area contributed by atoms with Gasteiger partial charge in [-0.1, -0.05) is 0 Å². The monoisotopic (exact) mass is 171 g/mol. The summed E-state index contributed by atoms with van der Waals surface area (Å²) >= 11 is 0. The lowest BCUT2D eigenvalue weighted by molar-refractivity contribution is -0.132. The first kappa shape index (κ1) is 9.48. The van der Waals surface area contributed by atoms with Gasteiger partial charge in [-0.3, -0.25) is 9.69 Å². The molecule has 0 aromatic rings. The number of likely N-dealkylation sites (tertiary alicyclic amines) is 1. The molecule has 1 rings (SSSR count). The lowest BCUT2D eigenvalue weighted by Crippen LogP contribution is -2.76. The van der Waals surface area contributed by atoms with Crippen molar-refractivity contribution in [2.75, 3.05) is 13.1 Å². The van der Waals surface area contributed by atoms with Crippen LogP contribution >= 0.6 is 0 Å². The lowest BCUT2D eigenvalue weighted by Gasteiger charge is -2.52. The van der Waals surface area contributed by atoms with Crippen LogP contribution in [0, 0.1) is 0 Å². The maximum absolute atomic E-state index is 10.8. The minimum Gasteiger partial charge on any atom is -0.368 e. The standard InChI is InChI=1S/C8H17N3O/c1-7(2,3)11-4-8(10,5-11)6(9)12/h4-5,10H2,1-3H3,(H2,9,12). The summed E-state index contributed by atoms with van der Waals surface area (Å²) in [7, 11) is 0. The molecule has 0 aliphatic carbocycles. The van der Waals surface area contributed by atoms with Crippen molar-refractivity contribution >= 4 is 5.91 Å². The molecule has 1 fully saturated rings. The van der Waals surface area contributed by atoms with Crippen LogP contribution in [0.25, 0.3) is 0 Å². The fourth-order valence-electron chi connectivity index (χ4n) is 1.27. The molecule has 0 aromatic heterocycles. The van der Waals surface area contributed by atoms with Crippen LogP contribution in [-0.4, -0.2) is 35.0 Å². The second-order valence-electron chi connectivity index (χ2n) is 4.55. The molecule has 1 saturated heterocycles. The second-order valence-corrected chi connectivity index (χ2v) is 4.55. The van der Waals surface area contributed by atoms with Gasteiger partial charge < -0.3 is 11.5 Å². The first-order valence-electron chi connectivity index (χ1n) is 4.09. The molecule has 1 heterocycles. The molecule has 0 bridgehead atoms. The van der Waals surface area contributed by atoms with Gasteiger partial charge in [0, 0.05) is 18.6 Å². The maximum atomic E-state index is 10.8. The highest BCUT2D eigenvalue weighted by atomic mass is 16.1. The third kappa shape index (κ3) is 1.44. The van der Waals surface area contributed by atoms with Gasteiger partial charge in [-0.05, 0) is 20.8 Å². The van der Waals surface area contributed by atoms with Crippen molar-refractivity contribution in [1.82, 2.24) is 4.90 Å². The summed E-state index contributed by atoms with van der Waals surface area (Å²) in [5.74, 6) is -0.400. The van der Waals surface area contributed by atoms with Gasteiger partial charge in [0.1, 0.15) is 5.54 Å². The summed E-state index contributed by atoms with van der Waals surface area (Å²) in [5, 5.41) is 0. The van der Waals surface area contributed by atoms with Gasteiger partial charge in [-0.2, -0.15) is 0 Å². The SMILES string of the molecule is CC(C)(C)N1CC(N)(C(N)=O)C1. The molecule has 0 aromatic carbocycles. The Morgan fingerprint density at radius 3 is 2.08 bits per heavy atom. The Hall–Kier alpha value is -0.610. The average molecular weight is 171 g/mol. The molecule has 1 aliphatic rings. The smallest absolute Gasteiger partial charge is 0.240 e. The Morgan fingerprint density at radius 1 is 1.42 bits per heavy atom. The zero-order chi connectivity index (χ0) is 9.57. The van der Waals surface area contributed by atoms with Gasteiger partial charge in [-0.15, -0.1) is 0 Å². The molecule has 4 N–H and O–H groups in total. The normalized spacial score (nSPS) is 23.3. The molecule has 70 valence electrons. The van der Waals surface area contributed by atoms with Crippen LogP contribution in [0.4, 0.5) is 0 Å². The van der Waals surface area contributed by atoms with Crippen LogP contribution < -0.4 is 11.5 Å². The molecular weight excluding hydrogens is 154 g/mol. The number of hydrogen-bond acceptors (Lipinski definition) is 3. The van der Waals surface area contributed by atoms with E-state index in [1.54, 1.807) is 0 Å². The minimum atomic E-state index is -0.784. The van der Waals surface area contributed by atoms with E-state index >= 15 is 0 Å². The van der Waals surface area contributed by atoms with Crippen molar-refractivity contribution in [2.45, 2.75) is 31.8 Å². The molecule has 1 amide bonds. The second kappa shape index (κ2) is 2.44. The number of rotatable bonds is 1. The van der Waals surface area contributed by atoms with Gasteiger partial charge in [0.05, 0.1) is 0 Å². The van der Waals surface area contributed by atoms with Crippen molar-refractivity contribution in [2.24, 2.45) is 11.5 Å². The zero-order valence-electron chi connectivity index (χ0n) is 7.92. The first-order valence-corrected chi connectivity index (χ1v) is 4.09. The molecule has 0 unspecified atom stereocenters. The van der Waals surface area contributed by atoms with Gasteiger partial charge in [0.15, 0.2) is 0 Å².